The van der Waals surface area contributed by atoms with Gasteiger partial charge in [-0.2, -0.15) is 0 Å². The fourth-order valence-electron chi connectivity index (χ4n) is 6.85. The molecule has 1 N–H and O–H groups in total. The minimum atomic E-state index is -0.609. The Hall–Kier alpha value is -1.26. The Labute approximate surface area is 142 Å². The first-order valence-corrected chi connectivity index (χ1v) is 9.46. The highest BCUT2D eigenvalue weighted by Gasteiger charge is 2.71. The third-order valence-electron chi connectivity index (χ3n) is 7.75. The van der Waals surface area contributed by atoms with Crippen molar-refractivity contribution in [3.63, 3.8) is 0 Å². The van der Waals surface area contributed by atoms with Crippen molar-refractivity contribution in [2.75, 3.05) is 13.2 Å². The fraction of sp³-hybridized carbons (Fsp3) is 0.700. The van der Waals surface area contributed by atoms with E-state index in [9.17, 15) is 5.11 Å². The van der Waals surface area contributed by atoms with Crippen LogP contribution in [-0.2, 0) is 21.3 Å². The van der Waals surface area contributed by atoms with E-state index in [4.69, 9.17) is 14.2 Å². The first-order valence-electron chi connectivity index (χ1n) is 9.46. The molecule has 5 atom stereocenters. The molecule has 2 heterocycles. The summed E-state index contributed by atoms with van der Waals surface area (Å²) in [7, 11) is 0. The van der Waals surface area contributed by atoms with Crippen molar-refractivity contribution in [1.29, 1.82) is 0 Å². The summed E-state index contributed by atoms with van der Waals surface area (Å²) in [5.41, 5.74) is 2.65. The molecule has 6 rings (SSSR count). The topological polar surface area (TPSA) is 47.9 Å². The van der Waals surface area contributed by atoms with Crippen LogP contribution in [0.5, 0.6) is 11.5 Å². The van der Waals surface area contributed by atoms with Crippen molar-refractivity contribution in [2.24, 2.45) is 17.8 Å². The number of ether oxygens (including phenoxy) is 3. The molecule has 3 fully saturated rings. The maximum Gasteiger partial charge on any atom is 0.206 e. The minimum Gasteiger partial charge on any atom is -0.504 e. The molecule has 2 aliphatic heterocycles. The first-order chi connectivity index (χ1) is 11.7. The molecule has 4 heteroatoms. The monoisotopic (exact) mass is 328 g/mol. The van der Waals surface area contributed by atoms with E-state index >= 15 is 0 Å². The number of rotatable bonds is 0. The molecule has 0 amide bonds. The van der Waals surface area contributed by atoms with Gasteiger partial charge in [0, 0.05) is 17.4 Å². The van der Waals surface area contributed by atoms with Crippen molar-refractivity contribution >= 4 is 0 Å². The van der Waals surface area contributed by atoms with E-state index < -0.39 is 5.79 Å². The summed E-state index contributed by atoms with van der Waals surface area (Å²) in [6.07, 6.45) is 5.43. The van der Waals surface area contributed by atoms with E-state index in [0.29, 0.717) is 25.0 Å². The van der Waals surface area contributed by atoms with Crippen LogP contribution in [0.1, 0.15) is 43.7 Å². The molecule has 128 valence electrons. The molecule has 0 radical (unpaired) electrons. The summed E-state index contributed by atoms with van der Waals surface area (Å²) in [5.74, 6) is 2.48. The number of fused-ring (bicyclic) bond motifs is 1. The zero-order valence-corrected chi connectivity index (χ0v) is 14.1. The molecule has 3 aliphatic carbocycles. The first kappa shape index (κ1) is 14.0. The highest BCUT2D eigenvalue weighted by molar-refractivity contribution is 5.60. The van der Waals surface area contributed by atoms with Gasteiger partial charge in [0.2, 0.25) is 5.79 Å². The fourth-order valence-corrected chi connectivity index (χ4v) is 6.85. The standard InChI is InChI=1S/C20H24O4/c1-11-4-6-19-14-5-7-20(22-8-9-23-20)18(19)24-17-15(21)3-2-12(16(17)19)10-13(11)14/h2-3,11,13-14,18,21H,4-10H2,1H3/t11?,13-,14-,18+,19?/m0/s1. The Bertz CT molecular complexity index is 723. The average molecular weight is 328 g/mol. The van der Waals surface area contributed by atoms with E-state index in [1.807, 2.05) is 6.07 Å². The smallest absolute Gasteiger partial charge is 0.206 e. The molecule has 0 aromatic heterocycles. The van der Waals surface area contributed by atoms with Gasteiger partial charge >= 0.3 is 0 Å². The van der Waals surface area contributed by atoms with Crippen LogP contribution in [0.2, 0.25) is 0 Å². The van der Waals surface area contributed by atoms with Gasteiger partial charge < -0.3 is 19.3 Å². The number of hydrogen-bond donors (Lipinski definition) is 1. The van der Waals surface area contributed by atoms with Crippen LogP contribution in [0.25, 0.3) is 0 Å². The van der Waals surface area contributed by atoms with Gasteiger partial charge in [0.15, 0.2) is 17.6 Å². The van der Waals surface area contributed by atoms with E-state index in [-0.39, 0.29) is 17.3 Å². The van der Waals surface area contributed by atoms with E-state index in [2.05, 4.69) is 13.0 Å². The molecule has 1 saturated heterocycles. The molecule has 1 aromatic carbocycles. The van der Waals surface area contributed by atoms with Crippen LogP contribution < -0.4 is 4.74 Å². The van der Waals surface area contributed by atoms with Crippen LogP contribution in [0, 0.1) is 17.8 Å². The van der Waals surface area contributed by atoms with Crippen LogP contribution in [0.4, 0.5) is 0 Å². The molecule has 1 aromatic rings. The summed E-state index contributed by atoms with van der Waals surface area (Å²) < 4.78 is 18.8. The average Bonchev–Trinajstić information content (AvgIpc) is 3.18. The number of benzene rings is 1. The SMILES string of the molecule is CC1CCC23c4c5ccc(O)c4O[C@H]2C2(CC[C@H]3[C@H]1C5)OCCO2. The van der Waals surface area contributed by atoms with E-state index in [1.165, 1.54) is 17.5 Å². The zero-order chi connectivity index (χ0) is 16.1. The van der Waals surface area contributed by atoms with Crippen LogP contribution in [-0.4, -0.2) is 30.2 Å². The number of hydrogen-bond acceptors (Lipinski definition) is 4. The van der Waals surface area contributed by atoms with Gasteiger partial charge in [0.05, 0.1) is 13.2 Å². The molecule has 2 bridgehead atoms. The van der Waals surface area contributed by atoms with Gasteiger partial charge in [-0.25, -0.2) is 0 Å². The highest BCUT2D eigenvalue weighted by Crippen LogP contribution is 2.68. The Morgan fingerprint density at radius 1 is 1.12 bits per heavy atom. The van der Waals surface area contributed by atoms with Gasteiger partial charge in [-0.05, 0) is 55.1 Å². The van der Waals surface area contributed by atoms with Crippen LogP contribution in [0.15, 0.2) is 12.1 Å². The van der Waals surface area contributed by atoms with Crippen molar-refractivity contribution in [3.8, 4) is 11.5 Å². The van der Waals surface area contributed by atoms with Gasteiger partial charge in [0.1, 0.15) is 0 Å². The Morgan fingerprint density at radius 2 is 1.96 bits per heavy atom. The van der Waals surface area contributed by atoms with E-state index in [0.717, 1.165) is 37.4 Å². The van der Waals surface area contributed by atoms with Gasteiger partial charge in [0.25, 0.3) is 0 Å². The van der Waals surface area contributed by atoms with Crippen molar-refractivity contribution in [2.45, 2.75) is 56.3 Å². The van der Waals surface area contributed by atoms with Crippen molar-refractivity contribution in [3.05, 3.63) is 23.3 Å². The summed E-state index contributed by atoms with van der Waals surface area (Å²) in [6, 6.07) is 3.94. The summed E-state index contributed by atoms with van der Waals surface area (Å²) in [6.45, 7) is 3.72. The summed E-state index contributed by atoms with van der Waals surface area (Å²) >= 11 is 0. The van der Waals surface area contributed by atoms with Crippen LogP contribution >= 0.6 is 0 Å². The number of phenols is 1. The molecule has 5 aliphatic rings. The highest BCUT2D eigenvalue weighted by atomic mass is 16.8. The Kier molecular flexibility index (Phi) is 2.49. The third-order valence-corrected chi connectivity index (χ3v) is 7.75. The largest absolute Gasteiger partial charge is 0.504 e. The molecular formula is C20H24O4. The Morgan fingerprint density at radius 3 is 2.79 bits per heavy atom. The predicted molar refractivity (Wildman–Crippen MR) is 87.2 cm³/mol. The second-order valence-corrected chi connectivity index (χ2v) is 8.52. The summed E-state index contributed by atoms with van der Waals surface area (Å²) in [5, 5.41) is 10.5. The van der Waals surface area contributed by atoms with Gasteiger partial charge in [-0.1, -0.05) is 13.0 Å². The molecule has 2 spiro atoms. The summed E-state index contributed by atoms with van der Waals surface area (Å²) in [4.78, 5) is 0. The molecule has 2 unspecified atom stereocenters. The van der Waals surface area contributed by atoms with Crippen molar-refractivity contribution < 1.29 is 19.3 Å². The van der Waals surface area contributed by atoms with E-state index in [1.54, 1.807) is 0 Å². The Balaban J connectivity index is 1.63. The van der Waals surface area contributed by atoms with Gasteiger partial charge in [-0.3, -0.25) is 0 Å². The lowest BCUT2D eigenvalue weighted by Crippen LogP contribution is -2.66. The lowest BCUT2D eigenvalue weighted by molar-refractivity contribution is -0.261. The quantitative estimate of drug-likeness (QED) is 0.795. The van der Waals surface area contributed by atoms with Crippen LogP contribution in [0.3, 0.4) is 0 Å². The lowest BCUT2D eigenvalue weighted by Gasteiger charge is -2.59. The predicted octanol–water partition coefficient (Wildman–Crippen LogP) is 3.15. The normalized spacial score (nSPS) is 43.5. The lowest BCUT2D eigenvalue weighted by atomic mass is 9.45. The van der Waals surface area contributed by atoms with Crippen molar-refractivity contribution in [1.82, 2.24) is 0 Å². The number of phenolic OH excluding ortho intramolecular Hbond substituents is 1. The molecule has 24 heavy (non-hydrogen) atoms. The second-order valence-electron chi connectivity index (χ2n) is 8.52. The molecule has 2 saturated carbocycles. The number of aromatic hydroxyl groups is 1. The minimum absolute atomic E-state index is 0.0264. The van der Waals surface area contributed by atoms with Gasteiger partial charge in [-0.15, -0.1) is 0 Å². The maximum atomic E-state index is 10.5. The maximum absolute atomic E-state index is 10.5. The molecular weight excluding hydrogens is 304 g/mol. The molecule has 4 nitrogen and oxygen atoms in total. The second kappa shape index (κ2) is 4.28. The zero-order valence-electron chi connectivity index (χ0n) is 14.1. The third kappa shape index (κ3) is 1.37.